The molecule has 2 aromatic rings. The molecule has 0 bridgehead atoms. The van der Waals surface area contributed by atoms with Crippen molar-refractivity contribution in [3.8, 4) is 5.75 Å². The van der Waals surface area contributed by atoms with Crippen molar-refractivity contribution in [1.82, 2.24) is 4.90 Å². The Labute approximate surface area is 123 Å². The minimum Gasteiger partial charge on any atom is -0.508 e. The molecule has 2 rings (SSSR count). The van der Waals surface area contributed by atoms with Crippen LogP contribution in [-0.2, 0) is 0 Å². The van der Waals surface area contributed by atoms with E-state index in [0.29, 0.717) is 11.1 Å². The van der Waals surface area contributed by atoms with Gasteiger partial charge in [-0.3, -0.25) is 4.79 Å². The van der Waals surface area contributed by atoms with E-state index in [9.17, 15) is 14.3 Å². The number of aromatic hydroxyl groups is 1. The Morgan fingerprint density at radius 2 is 1.81 bits per heavy atom. The monoisotopic (exact) mass is 287 g/mol. The van der Waals surface area contributed by atoms with E-state index in [1.54, 1.807) is 49.2 Å². The van der Waals surface area contributed by atoms with Gasteiger partial charge in [0.2, 0.25) is 0 Å². The Bertz CT molecular complexity index is 632. The van der Waals surface area contributed by atoms with Gasteiger partial charge in [0.15, 0.2) is 0 Å². The molecule has 3 nitrogen and oxygen atoms in total. The summed E-state index contributed by atoms with van der Waals surface area (Å²) in [4.78, 5) is 14.0. The molecule has 21 heavy (non-hydrogen) atoms. The third-order valence-electron chi connectivity index (χ3n) is 3.57. The average molecular weight is 287 g/mol. The normalized spacial score (nSPS) is 12.0. The molecular formula is C17H18FNO2. The number of carbonyl (C=O) groups is 1. The van der Waals surface area contributed by atoms with Crippen molar-refractivity contribution >= 4 is 5.91 Å². The Hall–Kier alpha value is -2.36. The molecule has 1 atom stereocenters. The fraction of sp³-hybridized carbons (Fsp3) is 0.235. The van der Waals surface area contributed by atoms with Gasteiger partial charge in [0.25, 0.3) is 5.91 Å². The van der Waals surface area contributed by atoms with Crippen LogP contribution in [0.3, 0.4) is 0 Å². The minimum absolute atomic E-state index is 0.179. The fourth-order valence-electron chi connectivity index (χ4n) is 2.22. The van der Waals surface area contributed by atoms with Crippen LogP contribution in [0, 0.1) is 12.7 Å². The summed E-state index contributed by atoms with van der Waals surface area (Å²) in [5.74, 6) is -0.470. The summed E-state index contributed by atoms with van der Waals surface area (Å²) in [6.45, 7) is 3.64. The van der Waals surface area contributed by atoms with Gasteiger partial charge in [0.05, 0.1) is 6.04 Å². The molecule has 0 spiro atoms. The highest BCUT2D eigenvalue weighted by atomic mass is 19.1. The zero-order chi connectivity index (χ0) is 15.6. The van der Waals surface area contributed by atoms with Crippen LogP contribution in [0.15, 0.2) is 42.5 Å². The first-order valence-corrected chi connectivity index (χ1v) is 6.72. The number of halogens is 1. The van der Waals surface area contributed by atoms with Gasteiger partial charge in [-0.25, -0.2) is 4.39 Å². The second-order valence-corrected chi connectivity index (χ2v) is 5.20. The largest absolute Gasteiger partial charge is 0.508 e. The predicted molar refractivity (Wildman–Crippen MR) is 79.8 cm³/mol. The standard InChI is InChI=1S/C17H18FNO2/c1-11-8-14(10-15(18)9-11)17(21)19(3)12(2)13-4-6-16(20)7-5-13/h4-10,12,20H,1-3H3. The second-order valence-electron chi connectivity index (χ2n) is 5.20. The molecule has 1 N–H and O–H groups in total. The average Bonchev–Trinajstić information content (AvgIpc) is 2.44. The first-order chi connectivity index (χ1) is 9.88. The predicted octanol–water partition coefficient (Wildman–Crippen LogP) is 3.67. The molecule has 1 unspecified atom stereocenters. The zero-order valence-corrected chi connectivity index (χ0v) is 12.3. The Kier molecular flexibility index (Phi) is 4.26. The van der Waals surface area contributed by atoms with Crippen LogP contribution in [0.4, 0.5) is 4.39 Å². The number of benzene rings is 2. The highest BCUT2D eigenvalue weighted by molar-refractivity contribution is 5.94. The molecule has 4 heteroatoms. The molecule has 0 saturated heterocycles. The van der Waals surface area contributed by atoms with Crippen molar-refractivity contribution in [3.63, 3.8) is 0 Å². The smallest absolute Gasteiger partial charge is 0.254 e. The molecule has 1 amide bonds. The highest BCUT2D eigenvalue weighted by Gasteiger charge is 2.19. The van der Waals surface area contributed by atoms with Gasteiger partial charge in [-0.05, 0) is 55.3 Å². The minimum atomic E-state index is -0.413. The maximum absolute atomic E-state index is 13.4. The van der Waals surface area contributed by atoms with E-state index >= 15 is 0 Å². The summed E-state index contributed by atoms with van der Waals surface area (Å²) in [7, 11) is 1.68. The van der Waals surface area contributed by atoms with Gasteiger partial charge in [0.1, 0.15) is 11.6 Å². The zero-order valence-electron chi connectivity index (χ0n) is 12.3. The van der Waals surface area contributed by atoms with Crippen LogP contribution in [0.5, 0.6) is 5.75 Å². The SMILES string of the molecule is Cc1cc(F)cc(C(=O)N(C)C(C)c2ccc(O)cc2)c1. The molecule has 0 heterocycles. The summed E-state index contributed by atoms with van der Waals surface area (Å²) >= 11 is 0. The van der Waals surface area contributed by atoms with Crippen molar-refractivity contribution in [3.05, 3.63) is 65.0 Å². The quantitative estimate of drug-likeness (QED) is 0.935. The summed E-state index contributed by atoms with van der Waals surface area (Å²) in [5.41, 5.74) is 1.95. The van der Waals surface area contributed by atoms with Crippen molar-refractivity contribution in [1.29, 1.82) is 0 Å². The van der Waals surface area contributed by atoms with Gasteiger partial charge in [0, 0.05) is 12.6 Å². The molecule has 0 aliphatic carbocycles. The van der Waals surface area contributed by atoms with Gasteiger partial charge in [-0.15, -0.1) is 0 Å². The molecule has 0 fully saturated rings. The summed E-state index contributed by atoms with van der Waals surface area (Å²) in [6.07, 6.45) is 0. The maximum atomic E-state index is 13.4. The summed E-state index contributed by atoms with van der Waals surface area (Å²) < 4.78 is 13.4. The van der Waals surface area contributed by atoms with E-state index in [-0.39, 0.29) is 17.7 Å². The number of hydrogen-bond donors (Lipinski definition) is 1. The number of phenolic OH excluding ortho intramolecular Hbond substituents is 1. The first kappa shape index (κ1) is 15.0. The number of amides is 1. The third-order valence-corrected chi connectivity index (χ3v) is 3.57. The van der Waals surface area contributed by atoms with Crippen LogP contribution in [0.25, 0.3) is 0 Å². The van der Waals surface area contributed by atoms with Crippen molar-refractivity contribution in [2.45, 2.75) is 19.9 Å². The van der Waals surface area contributed by atoms with Crippen molar-refractivity contribution in [2.75, 3.05) is 7.05 Å². The molecule has 2 aromatic carbocycles. The summed E-state index contributed by atoms with van der Waals surface area (Å²) in [5, 5.41) is 9.30. The third kappa shape index (κ3) is 3.40. The number of rotatable bonds is 3. The Morgan fingerprint density at radius 1 is 1.19 bits per heavy atom. The highest BCUT2D eigenvalue weighted by Crippen LogP contribution is 2.23. The van der Waals surface area contributed by atoms with Crippen LogP contribution in [0.1, 0.15) is 34.5 Å². The van der Waals surface area contributed by atoms with Crippen LogP contribution in [0.2, 0.25) is 0 Å². The van der Waals surface area contributed by atoms with Crippen LogP contribution < -0.4 is 0 Å². The summed E-state index contributed by atoms with van der Waals surface area (Å²) in [6, 6.07) is 10.8. The van der Waals surface area contributed by atoms with Crippen molar-refractivity contribution < 1.29 is 14.3 Å². The molecule has 110 valence electrons. The fourth-order valence-corrected chi connectivity index (χ4v) is 2.22. The molecule has 0 aliphatic rings. The maximum Gasteiger partial charge on any atom is 0.254 e. The van der Waals surface area contributed by atoms with Gasteiger partial charge < -0.3 is 10.0 Å². The number of hydrogen-bond acceptors (Lipinski definition) is 2. The van der Waals surface area contributed by atoms with E-state index in [2.05, 4.69) is 0 Å². The number of carbonyl (C=O) groups excluding carboxylic acids is 1. The molecular weight excluding hydrogens is 269 g/mol. The lowest BCUT2D eigenvalue weighted by Crippen LogP contribution is -2.29. The number of aryl methyl sites for hydroxylation is 1. The Balaban J connectivity index is 2.23. The Morgan fingerprint density at radius 3 is 2.38 bits per heavy atom. The van der Waals surface area contributed by atoms with Crippen LogP contribution in [-0.4, -0.2) is 23.0 Å². The molecule has 0 saturated carbocycles. The van der Waals surface area contributed by atoms with E-state index < -0.39 is 5.82 Å². The number of nitrogens with zero attached hydrogens (tertiary/aromatic N) is 1. The van der Waals surface area contributed by atoms with Gasteiger partial charge >= 0.3 is 0 Å². The lowest BCUT2D eigenvalue weighted by Gasteiger charge is -2.25. The molecule has 0 aromatic heterocycles. The van der Waals surface area contributed by atoms with E-state index in [0.717, 1.165) is 5.56 Å². The van der Waals surface area contributed by atoms with Crippen LogP contribution >= 0.6 is 0 Å². The topological polar surface area (TPSA) is 40.5 Å². The van der Waals surface area contributed by atoms with Gasteiger partial charge in [-0.2, -0.15) is 0 Å². The number of phenols is 1. The van der Waals surface area contributed by atoms with Gasteiger partial charge in [-0.1, -0.05) is 12.1 Å². The van der Waals surface area contributed by atoms with E-state index in [1.807, 2.05) is 6.92 Å². The molecule has 0 aliphatic heterocycles. The lowest BCUT2D eigenvalue weighted by atomic mass is 10.1. The van der Waals surface area contributed by atoms with E-state index in [1.165, 1.54) is 12.1 Å². The lowest BCUT2D eigenvalue weighted by molar-refractivity contribution is 0.0742. The second kappa shape index (κ2) is 5.95. The van der Waals surface area contributed by atoms with E-state index in [4.69, 9.17) is 0 Å². The first-order valence-electron chi connectivity index (χ1n) is 6.72. The molecule has 0 radical (unpaired) electrons. The van der Waals surface area contributed by atoms with Crippen molar-refractivity contribution in [2.24, 2.45) is 0 Å².